The zero-order valence-corrected chi connectivity index (χ0v) is 21.4. The van der Waals surface area contributed by atoms with Crippen LogP contribution in [0, 0.1) is 0 Å². The first-order valence-electron chi connectivity index (χ1n) is 12.6. The fourth-order valence-electron chi connectivity index (χ4n) is 4.88. The second-order valence-corrected chi connectivity index (χ2v) is 9.08. The SMILES string of the molecule is NC(=O)CC[C@H](C(=O)O)N(C(=O)OCc1ccccc1)C(c1ccccc1)(c1ccccc1)c1ccccc1. The average Bonchev–Trinajstić information content (AvgIpc) is 2.97. The summed E-state index contributed by atoms with van der Waals surface area (Å²) in [6.45, 7) is -0.0627. The number of nitrogens with two attached hydrogens (primary N) is 1. The van der Waals surface area contributed by atoms with E-state index in [0.717, 1.165) is 5.56 Å². The van der Waals surface area contributed by atoms with Gasteiger partial charge in [0.2, 0.25) is 5.91 Å². The number of amides is 2. The highest BCUT2D eigenvalue weighted by molar-refractivity contribution is 5.83. The lowest BCUT2D eigenvalue weighted by Gasteiger charge is -2.47. The molecule has 4 aromatic rings. The Bertz CT molecular complexity index is 1280. The number of carboxylic acid groups (broad SMARTS) is 1. The molecule has 2 amide bonds. The lowest BCUT2D eigenvalue weighted by Crippen LogP contribution is -2.58. The van der Waals surface area contributed by atoms with E-state index in [9.17, 15) is 19.5 Å². The van der Waals surface area contributed by atoms with E-state index < -0.39 is 29.6 Å². The van der Waals surface area contributed by atoms with Gasteiger partial charge in [0, 0.05) is 6.42 Å². The molecule has 0 aromatic heterocycles. The highest BCUT2D eigenvalue weighted by Crippen LogP contribution is 2.44. The summed E-state index contributed by atoms with van der Waals surface area (Å²) >= 11 is 0. The largest absolute Gasteiger partial charge is 0.480 e. The molecule has 7 nitrogen and oxygen atoms in total. The highest BCUT2D eigenvalue weighted by Gasteiger charge is 2.50. The van der Waals surface area contributed by atoms with E-state index in [1.165, 1.54) is 4.90 Å². The van der Waals surface area contributed by atoms with Crippen LogP contribution in [0.5, 0.6) is 0 Å². The molecule has 1 atom stereocenters. The number of carbonyl (C=O) groups excluding carboxylic acids is 2. The van der Waals surface area contributed by atoms with Crippen molar-refractivity contribution in [1.82, 2.24) is 4.90 Å². The monoisotopic (exact) mass is 522 g/mol. The smallest absolute Gasteiger partial charge is 0.412 e. The Balaban J connectivity index is 2.00. The molecule has 4 rings (SSSR count). The number of ether oxygens (including phenoxy) is 1. The molecule has 7 heteroatoms. The van der Waals surface area contributed by atoms with Gasteiger partial charge in [-0.3, -0.25) is 9.69 Å². The number of carboxylic acids is 1. The second-order valence-electron chi connectivity index (χ2n) is 9.08. The molecule has 0 aliphatic rings. The van der Waals surface area contributed by atoms with Crippen molar-refractivity contribution in [2.75, 3.05) is 0 Å². The first kappa shape index (κ1) is 27.1. The molecule has 4 aromatic carbocycles. The maximum atomic E-state index is 14.2. The Morgan fingerprint density at radius 3 is 1.51 bits per heavy atom. The topological polar surface area (TPSA) is 110 Å². The van der Waals surface area contributed by atoms with Crippen LogP contribution in [-0.4, -0.2) is 34.0 Å². The maximum absolute atomic E-state index is 14.2. The van der Waals surface area contributed by atoms with Gasteiger partial charge in [-0.25, -0.2) is 9.59 Å². The van der Waals surface area contributed by atoms with Gasteiger partial charge < -0.3 is 15.6 Å². The van der Waals surface area contributed by atoms with Crippen LogP contribution in [-0.2, 0) is 26.5 Å². The van der Waals surface area contributed by atoms with E-state index in [4.69, 9.17) is 10.5 Å². The van der Waals surface area contributed by atoms with E-state index >= 15 is 0 Å². The fourth-order valence-corrected chi connectivity index (χ4v) is 4.88. The van der Waals surface area contributed by atoms with Crippen molar-refractivity contribution in [1.29, 1.82) is 0 Å². The summed E-state index contributed by atoms with van der Waals surface area (Å²) in [7, 11) is 0. The number of hydrogen-bond donors (Lipinski definition) is 2. The number of rotatable bonds is 11. The first-order valence-corrected chi connectivity index (χ1v) is 12.6. The summed E-state index contributed by atoms with van der Waals surface area (Å²) in [6.07, 6.45) is -1.26. The van der Waals surface area contributed by atoms with Crippen molar-refractivity contribution in [3.8, 4) is 0 Å². The first-order chi connectivity index (χ1) is 18.9. The van der Waals surface area contributed by atoms with Gasteiger partial charge >= 0.3 is 12.1 Å². The quantitative estimate of drug-likeness (QED) is 0.259. The minimum absolute atomic E-state index is 0.0627. The van der Waals surface area contributed by atoms with E-state index in [2.05, 4.69) is 0 Å². The van der Waals surface area contributed by atoms with Crippen molar-refractivity contribution in [3.05, 3.63) is 144 Å². The molecule has 0 saturated carbocycles. The molecule has 0 radical (unpaired) electrons. The van der Waals surface area contributed by atoms with Crippen LogP contribution >= 0.6 is 0 Å². The summed E-state index contributed by atoms with van der Waals surface area (Å²) < 4.78 is 5.81. The molecule has 0 bridgehead atoms. The molecule has 0 aliphatic heterocycles. The third-order valence-corrected chi connectivity index (χ3v) is 6.60. The van der Waals surface area contributed by atoms with Crippen LogP contribution < -0.4 is 5.73 Å². The number of primary amides is 1. The minimum Gasteiger partial charge on any atom is -0.480 e. The van der Waals surface area contributed by atoms with Crippen molar-refractivity contribution in [2.45, 2.75) is 31.0 Å². The fraction of sp³-hybridized carbons (Fsp3) is 0.156. The van der Waals surface area contributed by atoms with Crippen LogP contribution in [0.4, 0.5) is 4.79 Å². The normalized spacial score (nSPS) is 11.8. The van der Waals surface area contributed by atoms with Crippen molar-refractivity contribution >= 4 is 18.0 Å². The average molecular weight is 523 g/mol. The Kier molecular flexibility index (Phi) is 8.74. The predicted molar refractivity (Wildman–Crippen MR) is 148 cm³/mol. The van der Waals surface area contributed by atoms with E-state index in [-0.39, 0.29) is 19.4 Å². The lowest BCUT2D eigenvalue weighted by molar-refractivity contribution is -0.144. The van der Waals surface area contributed by atoms with Crippen LogP contribution in [0.25, 0.3) is 0 Å². The maximum Gasteiger partial charge on any atom is 0.412 e. The number of carbonyl (C=O) groups is 3. The third kappa shape index (κ3) is 5.99. The molecule has 0 heterocycles. The Morgan fingerprint density at radius 2 is 1.13 bits per heavy atom. The molecular weight excluding hydrogens is 492 g/mol. The Hall–Kier alpha value is -4.91. The van der Waals surface area contributed by atoms with Crippen LogP contribution in [0.1, 0.15) is 35.1 Å². The lowest BCUT2D eigenvalue weighted by atomic mass is 9.74. The molecular formula is C32H30N2O5. The molecule has 0 spiro atoms. The van der Waals surface area contributed by atoms with Gasteiger partial charge in [0.25, 0.3) is 0 Å². The van der Waals surface area contributed by atoms with Gasteiger partial charge in [-0.2, -0.15) is 0 Å². The predicted octanol–water partition coefficient (Wildman–Crippen LogP) is 5.34. The van der Waals surface area contributed by atoms with E-state index in [0.29, 0.717) is 16.7 Å². The van der Waals surface area contributed by atoms with E-state index in [1.54, 1.807) is 0 Å². The Morgan fingerprint density at radius 1 is 0.718 bits per heavy atom. The van der Waals surface area contributed by atoms with Gasteiger partial charge in [0.15, 0.2) is 0 Å². The van der Waals surface area contributed by atoms with Crippen molar-refractivity contribution in [3.63, 3.8) is 0 Å². The molecule has 0 saturated heterocycles. The number of hydrogen-bond acceptors (Lipinski definition) is 4. The van der Waals surface area contributed by atoms with Gasteiger partial charge in [0.1, 0.15) is 18.2 Å². The third-order valence-electron chi connectivity index (χ3n) is 6.60. The van der Waals surface area contributed by atoms with Crippen molar-refractivity contribution in [2.24, 2.45) is 5.73 Å². The number of benzene rings is 4. The zero-order valence-electron chi connectivity index (χ0n) is 21.4. The van der Waals surface area contributed by atoms with Crippen LogP contribution in [0.3, 0.4) is 0 Å². The van der Waals surface area contributed by atoms with Gasteiger partial charge in [-0.1, -0.05) is 121 Å². The molecule has 198 valence electrons. The van der Waals surface area contributed by atoms with E-state index in [1.807, 2.05) is 121 Å². The van der Waals surface area contributed by atoms with Crippen LogP contribution in [0.15, 0.2) is 121 Å². The standard InChI is InChI=1S/C32H30N2O5/c33-29(35)22-21-28(30(36)37)34(31(38)39-23-24-13-5-1-6-14-24)32(25-15-7-2-8-16-25,26-17-9-3-10-18-26)27-19-11-4-12-20-27/h1-20,28H,21-23H2,(H2,33,35)(H,36,37)/t28-/m1/s1. The molecule has 0 fully saturated rings. The number of nitrogens with zero attached hydrogens (tertiary/aromatic N) is 1. The Labute approximate surface area is 227 Å². The molecule has 39 heavy (non-hydrogen) atoms. The molecule has 3 N–H and O–H groups in total. The highest BCUT2D eigenvalue weighted by atomic mass is 16.6. The number of aliphatic carboxylic acids is 1. The van der Waals surface area contributed by atoms with Gasteiger partial charge in [0.05, 0.1) is 0 Å². The summed E-state index contributed by atoms with van der Waals surface area (Å²) in [6, 6.07) is 35.4. The van der Waals surface area contributed by atoms with Gasteiger partial charge in [-0.05, 0) is 28.7 Å². The van der Waals surface area contributed by atoms with Gasteiger partial charge in [-0.15, -0.1) is 0 Å². The zero-order chi connectivity index (χ0) is 27.7. The summed E-state index contributed by atoms with van der Waals surface area (Å²) in [5.74, 6) is -1.94. The summed E-state index contributed by atoms with van der Waals surface area (Å²) in [5.41, 5.74) is 6.73. The van der Waals surface area contributed by atoms with Crippen molar-refractivity contribution < 1.29 is 24.2 Å². The summed E-state index contributed by atoms with van der Waals surface area (Å²) in [5, 5.41) is 10.5. The second kappa shape index (κ2) is 12.6. The minimum atomic E-state index is -1.44. The summed E-state index contributed by atoms with van der Waals surface area (Å²) in [4.78, 5) is 40.1. The van der Waals surface area contributed by atoms with Crippen LogP contribution in [0.2, 0.25) is 0 Å². The molecule has 0 unspecified atom stereocenters. The molecule has 0 aliphatic carbocycles.